The normalized spacial score (nSPS) is 10.0. The largest absolute Gasteiger partial charge is 0.478 e. The van der Waals surface area contributed by atoms with Gasteiger partial charge in [0.1, 0.15) is 0 Å². The number of carbonyl (C=O) groups excluding carboxylic acids is 1. The van der Waals surface area contributed by atoms with Gasteiger partial charge in [-0.25, -0.2) is 9.59 Å². The first kappa shape index (κ1) is 14.5. The molecule has 6 heteroatoms. The highest BCUT2D eigenvalue weighted by molar-refractivity contribution is 6.00. The van der Waals surface area contributed by atoms with Crippen LogP contribution in [0.1, 0.15) is 21.5 Å². The molecule has 0 fully saturated rings. The summed E-state index contributed by atoms with van der Waals surface area (Å²) in [6, 6.07) is 6.04. The van der Waals surface area contributed by atoms with E-state index in [-0.39, 0.29) is 5.56 Å². The second kappa shape index (κ2) is 6.04. The number of anilines is 2. The Kier molecular flexibility index (Phi) is 4.18. The van der Waals surface area contributed by atoms with E-state index in [1.165, 1.54) is 12.3 Å². The van der Waals surface area contributed by atoms with Crippen LogP contribution in [0.4, 0.5) is 16.2 Å². The van der Waals surface area contributed by atoms with Gasteiger partial charge in [-0.15, -0.1) is 0 Å². The smallest absolute Gasteiger partial charge is 0.336 e. The number of hydrogen-bond donors (Lipinski definition) is 3. The summed E-state index contributed by atoms with van der Waals surface area (Å²) in [5, 5.41) is 14.3. The highest BCUT2D eigenvalue weighted by atomic mass is 16.4. The third-order valence-electron chi connectivity index (χ3n) is 2.86. The molecule has 0 bridgehead atoms. The van der Waals surface area contributed by atoms with Gasteiger partial charge >= 0.3 is 12.0 Å². The van der Waals surface area contributed by atoms with Gasteiger partial charge in [0.15, 0.2) is 0 Å². The molecule has 0 unspecified atom stereocenters. The number of aromatic carboxylic acids is 1. The molecule has 2 amide bonds. The molecule has 3 N–H and O–H groups in total. The van der Waals surface area contributed by atoms with Crippen molar-refractivity contribution >= 4 is 23.4 Å². The van der Waals surface area contributed by atoms with Gasteiger partial charge in [-0.05, 0) is 43.2 Å². The van der Waals surface area contributed by atoms with Gasteiger partial charge in [-0.3, -0.25) is 4.98 Å². The number of amides is 2. The fourth-order valence-corrected chi connectivity index (χ4v) is 1.85. The van der Waals surface area contributed by atoms with E-state index in [1.807, 2.05) is 6.92 Å². The monoisotopic (exact) mass is 285 g/mol. The Morgan fingerprint density at radius 3 is 2.43 bits per heavy atom. The van der Waals surface area contributed by atoms with Crippen LogP contribution in [0.15, 0.2) is 36.7 Å². The van der Waals surface area contributed by atoms with E-state index < -0.39 is 12.0 Å². The number of pyridine rings is 1. The van der Waals surface area contributed by atoms with Crippen LogP contribution in [0, 0.1) is 13.8 Å². The van der Waals surface area contributed by atoms with Crippen LogP contribution in [0.25, 0.3) is 0 Å². The lowest BCUT2D eigenvalue weighted by molar-refractivity contribution is 0.0696. The highest BCUT2D eigenvalue weighted by Gasteiger charge is 2.09. The molecule has 0 aliphatic heterocycles. The number of nitrogens with zero attached hydrogens (tertiary/aromatic N) is 1. The van der Waals surface area contributed by atoms with E-state index in [0.717, 1.165) is 5.56 Å². The van der Waals surface area contributed by atoms with E-state index in [4.69, 9.17) is 5.11 Å². The van der Waals surface area contributed by atoms with Crippen molar-refractivity contribution in [2.45, 2.75) is 13.8 Å². The van der Waals surface area contributed by atoms with Crippen molar-refractivity contribution in [1.29, 1.82) is 0 Å². The Labute approximate surface area is 121 Å². The lowest BCUT2D eigenvalue weighted by Crippen LogP contribution is -2.19. The first-order valence-electron chi connectivity index (χ1n) is 6.29. The molecule has 1 aromatic heterocycles. The third-order valence-corrected chi connectivity index (χ3v) is 2.86. The number of rotatable bonds is 3. The maximum Gasteiger partial charge on any atom is 0.336 e. The Morgan fingerprint density at radius 1 is 1.05 bits per heavy atom. The molecule has 6 nitrogen and oxygen atoms in total. The first-order valence-corrected chi connectivity index (χ1v) is 6.29. The SMILES string of the molecule is Cc1cncc(NC(=O)Nc2ccc(C)c(C(=O)O)c2)c1. The Hall–Kier alpha value is -2.89. The molecule has 1 heterocycles. The lowest BCUT2D eigenvalue weighted by Gasteiger charge is -2.09. The minimum Gasteiger partial charge on any atom is -0.478 e. The highest BCUT2D eigenvalue weighted by Crippen LogP contribution is 2.16. The lowest BCUT2D eigenvalue weighted by atomic mass is 10.1. The summed E-state index contributed by atoms with van der Waals surface area (Å²) in [6.45, 7) is 3.57. The Balaban J connectivity index is 2.09. The van der Waals surface area contributed by atoms with Crippen molar-refractivity contribution in [3.63, 3.8) is 0 Å². The maximum absolute atomic E-state index is 11.9. The molecule has 0 atom stereocenters. The summed E-state index contributed by atoms with van der Waals surface area (Å²) < 4.78 is 0. The second-order valence-electron chi connectivity index (χ2n) is 4.66. The number of carboxylic acid groups (broad SMARTS) is 1. The van der Waals surface area contributed by atoms with Crippen LogP contribution >= 0.6 is 0 Å². The zero-order valence-corrected chi connectivity index (χ0v) is 11.7. The molecule has 0 radical (unpaired) electrons. The third kappa shape index (κ3) is 3.79. The van der Waals surface area contributed by atoms with Crippen LogP contribution in [-0.4, -0.2) is 22.1 Å². The summed E-state index contributed by atoms with van der Waals surface area (Å²) in [7, 11) is 0. The van der Waals surface area contributed by atoms with Crippen molar-refractivity contribution in [2.75, 3.05) is 10.6 Å². The molecule has 0 spiro atoms. The van der Waals surface area contributed by atoms with E-state index in [2.05, 4.69) is 15.6 Å². The zero-order valence-electron chi connectivity index (χ0n) is 11.7. The number of carboxylic acids is 1. The van der Waals surface area contributed by atoms with Crippen LogP contribution < -0.4 is 10.6 Å². The van der Waals surface area contributed by atoms with Crippen molar-refractivity contribution < 1.29 is 14.7 Å². The molecule has 2 aromatic rings. The van der Waals surface area contributed by atoms with Crippen molar-refractivity contribution in [1.82, 2.24) is 4.98 Å². The van der Waals surface area contributed by atoms with Gasteiger partial charge < -0.3 is 15.7 Å². The fraction of sp³-hybridized carbons (Fsp3) is 0.133. The van der Waals surface area contributed by atoms with Crippen LogP contribution in [0.3, 0.4) is 0 Å². The quantitative estimate of drug-likeness (QED) is 0.808. The predicted octanol–water partition coefficient (Wildman–Crippen LogP) is 3.04. The number of urea groups is 1. The number of benzene rings is 1. The molecule has 21 heavy (non-hydrogen) atoms. The molecule has 0 saturated carbocycles. The van der Waals surface area contributed by atoms with E-state index in [9.17, 15) is 9.59 Å². The van der Waals surface area contributed by atoms with Gasteiger partial charge in [0.2, 0.25) is 0 Å². The Bertz CT molecular complexity index is 698. The molecule has 0 aliphatic carbocycles. The summed E-state index contributed by atoms with van der Waals surface area (Å²) in [5.74, 6) is -1.03. The van der Waals surface area contributed by atoms with Crippen molar-refractivity contribution in [3.05, 3.63) is 53.3 Å². The molecule has 1 aromatic carbocycles. The summed E-state index contributed by atoms with van der Waals surface area (Å²) in [4.78, 5) is 26.9. The van der Waals surface area contributed by atoms with E-state index in [0.29, 0.717) is 16.9 Å². The van der Waals surface area contributed by atoms with Crippen LogP contribution in [0.5, 0.6) is 0 Å². The van der Waals surface area contributed by atoms with Gasteiger partial charge in [0, 0.05) is 11.9 Å². The average molecular weight is 285 g/mol. The predicted molar refractivity (Wildman–Crippen MR) is 79.8 cm³/mol. The standard InChI is InChI=1S/C15H15N3O3/c1-9-5-12(8-16-7-9)18-15(21)17-11-4-3-10(2)13(6-11)14(19)20/h3-8H,1-2H3,(H,19,20)(H2,17,18,21). The summed E-state index contributed by atoms with van der Waals surface area (Å²) in [6.07, 6.45) is 3.21. The average Bonchev–Trinajstić information content (AvgIpc) is 2.40. The van der Waals surface area contributed by atoms with Crippen molar-refractivity contribution in [3.8, 4) is 0 Å². The molecule has 0 aliphatic rings. The molecule has 108 valence electrons. The molecule has 0 saturated heterocycles. The van der Waals surface area contributed by atoms with E-state index in [1.54, 1.807) is 31.3 Å². The minimum absolute atomic E-state index is 0.157. The van der Waals surface area contributed by atoms with Crippen molar-refractivity contribution in [2.24, 2.45) is 0 Å². The summed E-state index contributed by atoms with van der Waals surface area (Å²) >= 11 is 0. The van der Waals surface area contributed by atoms with Gasteiger partial charge in [-0.1, -0.05) is 6.07 Å². The van der Waals surface area contributed by atoms with Crippen LogP contribution in [0.2, 0.25) is 0 Å². The second-order valence-corrected chi connectivity index (χ2v) is 4.66. The molecule has 2 rings (SSSR count). The molecular weight excluding hydrogens is 270 g/mol. The number of carbonyl (C=O) groups is 2. The number of hydrogen-bond acceptors (Lipinski definition) is 3. The summed E-state index contributed by atoms with van der Waals surface area (Å²) in [5.41, 5.74) is 2.70. The first-order chi connectivity index (χ1) is 9.95. The van der Waals surface area contributed by atoms with Gasteiger partial charge in [-0.2, -0.15) is 0 Å². The Morgan fingerprint density at radius 2 is 1.76 bits per heavy atom. The molecular formula is C15H15N3O3. The number of aryl methyl sites for hydroxylation is 2. The van der Waals surface area contributed by atoms with Crippen LogP contribution in [-0.2, 0) is 0 Å². The number of aromatic nitrogens is 1. The zero-order chi connectivity index (χ0) is 15.4. The fourth-order valence-electron chi connectivity index (χ4n) is 1.85. The minimum atomic E-state index is -1.03. The number of nitrogens with one attached hydrogen (secondary N) is 2. The van der Waals surface area contributed by atoms with E-state index >= 15 is 0 Å². The van der Waals surface area contributed by atoms with Gasteiger partial charge in [0.25, 0.3) is 0 Å². The topological polar surface area (TPSA) is 91.3 Å². The maximum atomic E-state index is 11.9. The van der Waals surface area contributed by atoms with Gasteiger partial charge in [0.05, 0.1) is 17.4 Å².